The summed E-state index contributed by atoms with van der Waals surface area (Å²) in [5.41, 5.74) is 3.27. The summed E-state index contributed by atoms with van der Waals surface area (Å²) >= 11 is 7.50. The Kier molecular flexibility index (Phi) is 9.12. The summed E-state index contributed by atoms with van der Waals surface area (Å²) in [5.74, 6) is 0.369. The highest BCUT2D eigenvalue weighted by Crippen LogP contribution is 2.27. The predicted octanol–water partition coefficient (Wildman–Crippen LogP) is 5.59. The topological polar surface area (TPSA) is 88.9 Å². The van der Waals surface area contributed by atoms with Gasteiger partial charge < -0.3 is 15.2 Å². The molecule has 0 bridgehead atoms. The highest BCUT2D eigenvalue weighted by atomic mass is 35.5. The highest BCUT2D eigenvalue weighted by Gasteiger charge is 2.27. The SMILES string of the molecule is C=CCn1c(SCC(=O)Nc2cc(C)ccc2C)nnc1[C@H](NC(=O)c1ccccc1Cl)C(C)C. The van der Waals surface area contributed by atoms with E-state index < -0.39 is 6.04 Å². The number of nitrogens with one attached hydrogen (secondary N) is 2. The van der Waals surface area contributed by atoms with Crippen molar-refractivity contribution >= 4 is 40.9 Å². The monoisotopic (exact) mass is 511 g/mol. The molecule has 2 aromatic carbocycles. The molecular weight excluding hydrogens is 482 g/mol. The first-order valence-corrected chi connectivity index (χ1v) is 12.7. The molecule has 1 heterocycles. The number of benzene rings is 2. The number of anilines is 1. The fourth-order valence-corrected chi connectivity index (χ4v) is 4.49. The van der Waals surface area contributed by atoms with Gasteiger partial charge >= 0.3 is 0 Å². The summed E-state index contributed by atoms with van der Waals surface area (Å²) in [7, 11) is 0. The molecule has 0 saturated heterocycles. The van der Waals surface area contributed by atoms with Gasteiger partial charge in [0.2, 0.25) is 5.91 Å². The quantitative estimate of drug-likeness (QED) is 0.273. The molecule has 9 heteroatoms. The molecule has 0 aliphatic carbocycles. The van der Waals surface area contributed by atoms with Crippen molar-refractivity contribution in [2.75, 3.05) is 11.1 Å². The number of rotatable bonds is 10. The van der Waals surface area contributed by atoms with Crippen molar-refractivity contribution in [1.82, 2.24) is 20.1 Å². The number of hydrogen-bond donors (Lipinski definition) is 2. The molecule has 0 aliphatic rings. The Labute approximate surface area is 215 Å². The van der Waals surface area contributed by atoms with Crippen LogP contribution in [0, 0.1) is 19.8 Å². The van der Waals surface area contributed by atoms with Crippen LogP contribution in [0.3, 0.4) is 0 Å². The van der Waals surface area contributed by atoms with Gasteiger partial charge in [0.05, 0.1) is 22.4 Å². The molecule has 0 unspecified atom stereocenters. The molecule has 3 rings (SSSR count). The Hall–Kier alpha value is -3.10. The standard InChI is InChI=1S/C26H30ClN5O2S/c1-6-13-32-24(23(16(2)3)29-25(34)19-9-7-8-10-20(19)27)30-31-26(32)35-15-22(33)28-21-14-17(4)11-12-18(21)5/h6-12,14,16,23H,1,13,15H2,2-5H3,(H,28,33)(H,29,34)/t23-/m1/s1. The average molecular weight is 512 g/mol. The van der Waals surface area contributed by atoms with Crippen LogP contribution in [0.25, 0.3) is 0 Å². The molecular formula is C26H30ClN5O2S. The van der Waals surface area contributed by atoms with E-state index in [0.29, 0.717) is 28.1 Å². The van der Waals surface area contributed by atoms with Crippen LogP contribution in [0.1, 0.15) is 47.2 Å². The fraction of sp³-hybridized carbons (Fsp3) is 0.308. The molecule has 7 nitrogen and oxygen atoms in total. The number of halogens is 1. The molecule has 2 amide bonds. The first-order valence-electron chi connectivity index (χ1n) is 11.3. The van der Waals surface area contributed by atoms with Crippen molar-refractivity contribution in [3.05, 3.63) is 82.7 Å². The van der Waals surface area contributed by atoms with E-state index in [-0.39, 0.29) is 23.5 Å². The van der Waals surface area contributed by atoms with Crippen molar-refractivity contribution in [3.63, 3.8) is 0 Å². The van der Waals surface area contributed by atoms with Crippen molar-refractivity contribution in [1.29, 1.82) is 0 Å². The number of carbonyl (C=O) groups is 2. The predicted molar refractivity (Wildman–Crippen MR) is 142 cm³/mol. The van der Waals surface area contributed by atoms with E-state index >= 15 is 0 Å². The Balaban J connectivity index is 1.77. The second kappa shape index (κ2) is 12.0. The second-order valence-electron chi connectivity index (χ2n) is 8.57. The van der Waals surface area contributed by atoms with Gasteiger partial charge in [0.15, 0.2) is 11.0 Å². The highest BCUT2D eigenvalue weighted by molar-refractivity contribution is 7.99. The van der Waals surface area contributed by atoms with Gasteiger partial charge in [-0.2, -0.15) is 0 Å². The number of thioether (sulfide) groups is 1. The zero-order valence-corrected chi connectivity index (χ0v) is 21.9. The third kappa shape index (κ3) is 6.74. The van der Waals surface area contributed by atoms with Crippen molar-refractivity contribution < 1.29 is 9.59 Å². The largest absolute Gasteiger partial charge is 0.342 e. The summed E-state index contributed by atoms with van der Waals surface area (Å²) < 4.78 is 1.88. The molecule has 1 aromatic heterocycles. The lowest BCUT2D eigenvalue weighted by molar-refractivity contribution is -0.113. The second-order valence-corrected chi connectivity index (χ2v) is 9.92. The van der Waals surface area contributed by atoms with Gasteiger partial charge in [0.25, 0.3) is 5.91 Å². The third-order valence-electron chi connectivity index (χ3n) is 5.41. The van der Waals surface area contributed by atoms with Gasteiger partial charge in [-0.05, 0) is 49.1 Å². The Bertz CT molecular complexity index is 1220. The fourth-order valence-electron chi connectivity index (χ4n) is 3.52. The van der Waals surface area contributed by atoms with E-state index in [1.165, 1.54) is 11.8 Å². The van der Waals surface area contributed by atoms with Gasteiger partial charge in [-0.1, -0.05) is 67.6 Å². The minimum Gasteiger partial charge on any atom is -0.342 e. The number of aromatic nitrogens is 3. The maximum absolute atomic E-state index is 12.9. The number of hydrogen-bond acceptors (Lipinski definition) is 5. The molecule has 0 saturated carbocycles. The van der Waals surface area contributed by atoms with Crippen LogP contribution >= 0.6 is 23.4 Å². The lowest BCUT2D eigenvalue weighted by Gasteiger charge is -2.23. The van der Waals surface area contributed by atoms with E-state index in [1.807, 2.05) is 50.5 Å². The van der Waals surface area contributed by atoms with Crippen LogP contribution in [-0.4, -0.2) is 32.3 Å². The average Bonchev–Trinajstić information content (AvgIpc) is 3.20. The van der Waals surface area contributed by atoms with E-state index in [1.54, 1.807) is 30.3 Å². The van der Waals surface area contributed by atoms with Gasteiger partial charge in [-0.15, -0.1) is 16.8 Å². The molecule has 2 N–H and O–H groups in total. The van der Waals surface area contributed by atoms with Gasteiger partial charge in [-0.3, -0.25) is 9.59 Å². The van der Waals surface area contributed by atoms with E-state index in [4.69, 9.17) is 11.6 Å². The first kappa shape index (κ1) is 26.5. The summed E-state index contributed by atoms with van der Waals surface area (Å²) in [4.78, 5) is 25.6. The van der Waals surface area contributed by atoms with Crippen LogP contribution < -0.4 is 10.6 Å². The van der Waals surface area contributed by atoms with Gasteiger partial charge in [0, 0.05) is 12.2 Å². The molecule has 0 radical (unpaired) electrons. The first-order chi connectivity index (χ1) is 16.7. The van der Waals surface area contributed by atoms with Crippen molar-refractivity contribution in [3.8, 4) is 0 Å². The van der Waals surface area contributed by atoms with E-state index in [0.717, 1.165) is 16.8 Å². The molecule has 1 atom stereocenters. The van der Waals surface area contributed by atoms with Crippen molar-refractivity contribution in [2.45, 2.75) is 45.4 Å². The molecule has 0 fully saturated rings. The zero-order chi connectivity index (χ0) is 25.5. The summed E-state index contributed by atoms with van der Waals surface area (Å²) in [6.07, 6.45) is 1.74. The zero-order valence-electron chi connectivity index (χ0n) is 20.3. The molecule has 0 spiro atoms. The maximum Gasteiger partial charge on any atom is 0.253 e. The Morgan fingerprint density at radius 3 is 2.60 bits per heavy atom. The summed E-state index contributed by atoms with van der Waals surface area (Å²) in [6, 6.07) is 12.4. The van der Waals surface area contributed by atoms with Crippen LogP contribution in [0.2, 0.25) is 5.02 Å². The molecule has 0 aliphatic heterocycles. The number of nitrogens with zero attached hydrogens (tertiary/aromatic N) is 3. The maximum atomic E-state index is 12.9. The van der Waals surface area contributed by atoms with E-state index in [9.17, 15) is 9.59 Å². The molecule has 3 aromatic rings. The minimum absolute atomic E-state index is 0.0275. The number of allylic oxidation sites excluding steroid dienone is 1. The third-order valence-corrected chi connectivity index (χ3v) is 6.70. The van der Waals surface area contributed by atoms with Crippen LogP contribution in [-0.2, 0) is 11.3 Å². The number of carbonyl (C=O) groups excluding carboxylic acids is 2. The smallest absolute Gasteiger partial charge is 0.253 e. The van der Waals surface area contributed by atoms with Gasteiger partial charge in [-0.25, -0.2) is 0 Å². The molecule has 35 heavy (non-hydrogen) atoms. The lowest BCUT2D eigenvalue weighted by atomic mass is 10.0. The summed E-state index contributed by atoms with van der Waals surface area (Å²) in [6.45, 7) is 12.2. The van der Waals surface area contributed by atoms with Gasteiger partial charge in [0.1, 0.15) is 0 Å². The minimum atomic E-state index is -0.413. The number of amides is 2. The molecule has 184 valence electrons. The van der Waals surface area contributed by atoms with Crippen molar-refractivity contribution in [2.24, 2.45) is 5.92 Å². The Morgan fingerprint density at radius 1 is 1.17 bits per heavy atom. The Morgan fingerprint density at radius 2 is 1.91 bits per heavy atom. The number of aryl methyl sites for hydroxylation is 2. The summed E-state index contributed by atoms with van der Waals surface area (Å²) in [5, 5.41) is 15.7. The van der Waals surface area contributed by atoms with Crippen LogP contribution in [0.4, 0.5) is 5.69 Å². The van der Waals surface area contributed by atoms with Crippen LogP contribution in [0.5, 0.6) is 0 Å². The van der Waals surface area contributed by atoms with E-state index in [2.05, 4.69) is 27.4 Å². The van der Waals surface area contributed by atoms with Crippen LogP contribution in [0.15, 0.2) is 60.3 Å². The lowest BCUT2D eigenvalue weighted by Crippen LogP contribution is -2.34. The normalized spacial score (nSPS) is 11.8.